The number of rotatable bonds is 4. The number of fused-ring (bicyclic) bond motifs is 1. The number of halogens is 1. The van der Waals surface area contributed by atoms with E-state index in [0.717, 1.165) is 24.0 Å². The first-order valence-electron chi connectivity index (χ1n) is 10.1. The van der Waals surface area contributed by atoms with Crippen LogP contribution in [0.4, 0.5) is 10.2 Å². The minimum atomic E-state index is -3.51. The number of sulfonamides is 1. The Kier molecular flexibility index (Phi) is 5.75. The highest BCUT2D eigenvalue weighted by Gasteiger charge is 2.28. The molecule has 2 aliphatic heterocycles. The molecule has 0 spiro atoms. The lowest BCUT2D eigenvalue weighted by molar-refractivity contribution is -0.129. The summed E-state index contributed by atoms with van der Waals surface area (Å²) in [5.41, 5.74) is 1.67. The highest BCUT2D eigenvalue weighted by atomic mass is 32.2. The molecule has 2 aliphatic rings. The number of hydrogen-bond donors (Lipinski definition) is 1. The molecule has 1 saturated heterocycles. The van der Waals surface area contributed by atoms with Crippen LogP contribution in [-0.4, -0.2) is 48.1 Å². The topological polar surface area (TPSA) is 82.6 Å². The van der Waals surface area contributed by atoms with Gasteiger partial charge >= 0.3 is 0 Å². The molecule has 1 atom stereocenters. The average Bonchev–Trinajstić information content (AvgIpc) is 3.20. The van der Waals surface area contributed by atoms with Gasteiger partial charge in [0.25, 0.3) is 0 Å². The fourth-order valence-corrected chi connectivity index (χ4v) is 5.53. The summed E-state index contributed by atoms with van der Waals surface area (Å²) in [7, 11) is -3.51. The van der Waals surface area contributed by atoms with Crippen LogP contribution in [0.2, 0.25) is 0 Å². The van der Waals surface area contributed by atoms with Crippen molar-refractivity contribution in [1.82, 2.24) is 14.2 Å². The number of aromatic nitrogens is 1. The summed E-state index contributed by atoms with van der Waals surface area (Å²) in [5, 5.41) is 3.32. The largest absolute Gasteiger partial charge is 0.363 e. The molecular formula is C21H25FN4O3S. The molecule has 7 nitrogen and oxygen atoms in total. The molecule has 4 rings (SSSR count). The van der Waals surface area contributed by atoms with Crippen molar-refractivity contribution in [3.05, 3.63) is 53.5 Å². The maximum absolute atomic E-state index is 13.8. The first-order valence-corrected chi connectivity index (χ1v) is 11.6. The third-order valence-corrected chi connectivity index (χ3v) is 7.62. The number of nitrogens with zero attached hydrogens (tertiary/aromatic N) is 3. The van der Waals surface area contributed by atoms with Gasteiger partial charge in [-0.05, 0) is 54.7 Å². The minimum Gasteiger partial charge on any atom is -0.363 e. The van der Waals surface area contributed by atoms with Crippen LogP contribution >= 0.6 is 0 Å². The van der Waals surface area contributed by atoms with Crippen LogP contribution in [0.5, 0.6) is 0 Å². The molecule has 1 amide bonds. The predicted octanol–water partition coefficient (Wildman–Crippen LogP) is 2.91. The maximum atomic E-state index is 13.8. The zero-order chi connectivity index (χ0) is 21.3. The first-order chi connectivity index (χ1) is 14.3. The highest BCUT2D eigenvalue weighted by molar-refractivity contribution is 7.89. The monoisotopic (exact) mass is 432 g/mol. The van der Waals surface area contributed by atoms with Gasteiger partial charge in [0.15, 0.2) is 0 Å². The Balaban J connectivity index is 1.56. The molecule has 0 radical (unpaired) electrons. The quantitative estimate of drug-likeness (QED) is 0.803. The van der Waals surface area contributed by atoms with Gasteiger partial charge < -0.3 is 10.2 Å². The molecule has 1 aromatic heterocycles. The van der Waals surface area contributed by atoms with E-state index in [4.69, 9.17) is 0 Å². The molecule has 3 heterocycles. The Morgan fingerprint density at radius 3 is 2.60 bits per heavy atom. The van der Waals surface area contributed by atoms with Crippen LogP contribution in [0.3, 0.4) is 0 Å². The van der Waals surface area contributed by atoms with E-state index in [-0.39, 0.29) is 22.7 Å². The summed E-state index contributed by atoms with van der Waals surface area (Å²) in [6.07, 6.45) is 3.77. The molecule has 0 saturated carbocycles. The summed E-state index contributed by atoms with van der Waals surface area (Å²) in [6, 6.07) is 7.66. The molecule has 0 bridgehead atoms. The third kappa shape index (κ3) is 4.17. The van der Waals surface area contributed by atoms with Gasteiger partial charge in [-0.3, -0.25) is 4.79 Å². The molecule has 2 aromatic rings. The van der Waals surface area contributed by atoms with E-state index in [1.807, 2.05) is 0 Å². The van der Waals surface area contributed by atoms with Crippen LogP contribution in [0, 0.1) is 5.82 Å². The van der Waals surface area contributed by atoms with Crippen LogP contribution < -0.4 is 5.32 Å². The molecule has 1 aromatic carbocycles. The number of benzene rings is 1. The van der Waals surface area contributed by atoms with E-state index in [1.54, 1.807) is 23.1 Å². The van der Waals surface area contributed by atoms with E-state index in [1.165, 1.54) is 29.6 Å². The summed E-state index contributed by atoms with van der Waals surface area (Å²) < 4.78 is 40.6. The SMILES string of the molecule is CC(=O)N1CCC(Nc2ccc(S(=O)(=O)N3CCCC3)cn2)c2ccc(F)cc2C1. The molecule has 1 N–H and O–H groups in total. The second-order valence-electron chi connectivity index (χ2n) is 7.76. The van der Waals surface area contributed by atoms with Crippen molar-refractivity contribution in [3.63, 3.8) is 0 Å². The Labute approximate surface area is 176 Å². The number of anilines is 1. The van der Waals surface area contributed by atoms with Gasteiger partial charge in [0.05, 0.1) is 6.04 Å². The van der Waals surface area contributed by atoms with Gasteiger partial charge in [0.2, 0.25) is 15.9 Å². The lowest BCUT2D eigenvalue weighted by atomic mass is 9.99. The molecule has 0 aliphatic carbocycles. The molecule has 1 fully saturated rings. The van der Waals surface area contributed by atoms with Gasteiger partial charge in [-0.2, -0.15) is 4.31 Å². The Morgan fingerprint density at radius 2 is 1.93 bits per heavy atom. The smallest absolute Gasteiger partial charge is 0.244 e. The van der Waals surface area contributed by atoms with Crippen molar-refractivity contribution in [1.29, 1.82) is 0 Å². The standard InChI is InChI=1S/C21H25FN4O3S/c1-15(27)25-11-8-20(19-6-4-17(22)12-16(19)14-25)24-21-7-5-18(13-23-21)30(28,29)26-9-2-3-10-26/h4-7,12-13,20H,2-3,8-11,14H2,1H3,(H,23,24). The number of hydrogen-bond acceptors (Lipinski definition) is 5. The number of nitrogens with one attached hydrogen (secondary N) is 1. The first kappa shape index (κ1) is 20.7. The normalized spacial score (nSPS) is 19.9. The van der Waals surface area contributed by atoms with E-state index >= 15 is 0 Å². The van der Waals surface area contributed by atoms with E-state index < -0.39 is 10.0 Å². The second-order valence-corrected chi connectivity index (χ2v) is 9.70. The van der Waals surface area contributed by atoms with Crippen molar-refractivity contribution >= 4 is 21.7 Å². The van der Waals surface area contributed by atoms with E-state index in [0.29, 0.717) is 38.4 Å². The Hall–Kier alpha value is -2.52. The number of carbonyl (C=O) groups excluding carboxylic acids is 1. The second kappa shape index (κ2) is 8.31. The molecule has 9 heteroatoms. The molecular weight excluding hydrogens is 407 g/mol. The molecule has 160 valence electrons. The van der Waals surface area contributed by atoms with E-state index in [2.05, 4.69) is 10.3 Å². The number of pyridine rings is 1. The maximum Gasteiger partial charge on any atom is 0.244 e. The fraction of sp³-hybridized carbons (Fsp3) is 0.429. The van der Waals surface area contributed by atoms with Crippen molar-refractivity contribution < 1.29 is 17.6 Å². The predicted molar refractivity (Wildman–Crippen MR) is 111 cm³/mol. The average molecular weight is 433 g/mol. The molecule has 1 unspecified atom stereocenters. The van der Waals surface area contributed by atoms with Crippen molar-refractivity contribution in [2.75, 3.05) is 25.0 Å². The highest BCUT2D eigenvalue weighted by Crippen LogP contribution is 2.30. The van der Waals surface area contributed by atoms with Gasteiger partial charge in [0.1, 0.15) is 16.5 Å². The van der Waals surface area contributed by atoms with Crippen LogP contribution in [0.1, 0.15) is 43.4 Å². The summed E-state index contributed by atoms with van der Waals surface area (Å²) >= 11 is 0. The number of amides is 1. The van der Waals surface area contributed by atoms with Crippen LogP contribution in [-0.2, 0) is 21.4 Å². The van der Waals surface area contributed by atoms with Crippen LogP contribution in [0.25, 0.3) is 0 Å². The van der Waals surface area contributed by atoms with Gasteiger partial charge in [-0.1, -0.05) is 6.07 Å². The molecule has 30 heavy (non-hydrogen) atoms. The third-order valence-electron chi connectivity index (χ3n) is 5.74. The lowest BCUT2D eigenvalue weighted by Gasteiger charge is -2.20. The summed E-state index contributed by atoms with van der Waals surface area (Å²) in [6.45, 7) is 3.49. The minimum absolute atomic E-state index is 0.0551. The summed E-state index contributed by atoms with van der Waals surface area (Å²) in [4.78, 5) is 18.1. The van der Waals surface area contributed by atoms with Crippen LogP contribution in [0.15, 0.2) is 41.4 Å². The number of carbonyl (C=O) groups is 1. The van der Waals surface area contributed by atoms with Crippen molar-refractivity contribution in [2.24, 2.45) is 0 Å². The van der Waals surface area contributed by atoms with Gasteiger partial charge in [-0.25, -0.2) is 17.8 Å². The van der Waals surface area contributed by atoms with Gasteiger partial charge in [-0.15, -0.1) is 0 Å². The fourth-order valence-electron chi connectivity index (χ4n) is 4.07. The zero-order valence-corrected chi connectivity index (χ0v) is 17.7. The van der Waals surface area contributed by atoms with Crippen molar-refractivity contribution in [2.45, 2.75) is 43.7 Å². The summed E-state index contributed by atoms with van der Waals surface area (Å²) in [5.74, 6) is 0.139. The van der Waals surface area contributed by atoms with Crippen molar-refractivity contribution in [3.8, 4) is 0 Å². The lowest BCUT2D eigenvalue weighted by Crippen LogP contribution is -2.28. The van der Waals surface area contributed by atoms with E-state index in [9.17, 15) is 17.6 Å². The zero-order valence-electron chi connectivity index (χ0n) is 16.8. The Morgan fingerprint density at radius 1 is 1.17 bits per heavy atom. The Bertz CT molecular complexity index is 1040. The van der Waals surface area contributed by atoms with Gasteiger partial charge in [0, 0.05) is 39.3 Å².